The largest absolute Gasteiger partial charge is 0.490 e. The number of hydrogen-bond acceptors (Lipinski definition) is 7. The Bertz CT molecular complexity index is 1040. The second-order valence-corrected chi connectivity index (χ2v) is 11.1. The van der Waals surface area contributed by atoms with Crippen LogP contribution in [0.4, 0.5) is 0 Å². The average Bonchev–Trinajstić information content (AvgIpc) is 2.85. The molecule has 1 aliphatic carbocycles. The maximum Gasteiger partial charge on any atom is 0.316 e. The lowest BCUT2D eigenvalue weighted by Crippen LogP contribution is -2.31. The Labute approximate surface area is 212 Å². The summed E-state index contributed by atoms with van der Waals surface area (Å²) in [5, 5.41) is 10.7. The molecule has 6 nitrogen and oxygen atoms in total. The molecule has 0 amide bonds. The van der Waals surface area contributed by atoms with Gasteiger partial charge in [0.15, 0.2) is 0 Å². The summed E-state index contributed by atoms with van der Waals surface area (Å²) >= 11 is 7.12. The Kier molecular flexibility index (Phi) is 10.7. The molecule has 2 unspecified atom stereocenters. The zero-order valence-corrected chi connectivity index (χ0v) is 21.6. The minimum absolute atomic E-state index is 0.0134. The fraction of sp³-hybridized carbons (Fsp3) is 0.480. The van der Waals surface area contributed by atoms with Gasteiger partial charge in [-0.3, -0.25) is 9.00 Å². The molecule has 2 aromatic rings. The molecule has 0 aliphatic heterocycles. The Hall–Kier alpha value is -2.08. The quantitative estimate of drug-likeness (QED) is 0.283. The minimum atomic E-state index is -1.12. The Morgan fingerprint density at radius 2 is 2.06 bits per heavy atom. The number of carbonyl (C=O) groups is 1. The van der Waals surface area contributed by atoms with Crippen LogP contribution in [0, 0.1) is 11.3 Å². The first-order chi connectivity index (χ1) is 16.5. The summed E-state index contributed by atoms with van der Waals surface area (Å²) in [6.45, 7) is 2.14. The molecule has 3 rings (SSSR count). The fourth-order valence-corrected chi connectivity index (χ4v) is 5.82. The highest BCUT2D eigenvalue weighted by Gasteiger charge is 2.21. The van der Waals surface area contributed by atoms with Crippen molar-refractivity contribution in [3.63, 3.8) is 0 Å². The van der Waals surface area contributed by atoms with Gasteiger partial charge in [-0.25, -0.2) is 4.98 Å². The number of benzene rings is 1. The van der Waals surface area contributed by atoms with Crippen molar-refractivity contribution >= 4 is 40.1 Å². The number of hydrogen-bond donors (Lipinski definition) is 0. The number of aryl methyl sites for hydroxylation is 2. The van der Waals surface area contributed by atoms with Crippen molar-refractivity contribution in [2.45, 2.75) is 56.6 Å². The van der Waals surface area contributed by atoms with E-state index >= 15 is 0 Å². The third-order valence-corrected chi connectivity index (χ3v) is 8.06. The summed E-state index contributed by atoms with van der Waals surface area (Å²) in [4.78, 5) is 17.3. The lowest BCUT2D eigenvalue weighted by atomic mass is 9.95. The molecular weight excluding hydrogens is 492 g/mol. The number of fused-ring (bicyclic) bond motifs is 1. The molecule has 0 bridgehead atoms. The van der Waals surface area contributed by atoms with Gasteiger partial charge in [0.2, 0.25) is 0 Å². The Morgan fingerprint density at radius 3 is 2.79 bits per heavy atom. The van der Waals surface area contributed by atoms with Gasteiger partial charge in [0.05, 0.1) is 17.1 Å². The number of unbranched alkanes of at least 4 members (excludes halogenated alkanes) is 1. The third kappa shape index (κ3) is 8.30. The van der Waals surface area contributed by atoms with Crippen LogP contribution in [0.15, 0.2) is 35.4 Å². The predicted octanol–water partition coefficient (Wildman–Crippen LogP) is 5.12. The molecule has 0 saturated carbocycles. The van der Waals surface area contributed by atoms with E-state index in [1.807, 2.05) is 13.0 Å². The normalized spacial score (nSPS) is 14.5. The smallest absolute Gasteiger partial charge is 0.316 e. The molecule has 0 spiro atoms. The van der Waals surface area contributed by atoms with Crippen molar-refractivity contribution in [2.75, 3.05) is 23.9 Å². The van der Waals surface area contributed by atoms with Crippen LogP contribution in [-0.4, -0.2) is 45.1 Å². The first kappa shape index (κ1) is 26.5. The van der Waals surface area contributed by atoms with Crippen LogP contribution in [-0.2, 0) is 33.2 Å². The van der Waals surface area contributed by atoms with Crippen molar-refractivity contribution in [2.24, 2.45) is 0 Å². The summed E-state index contributed by atoms with van der Waals surface area (Å²) in [6, 6.07) is 11.0. The zero-order chi connectivity index (χ0) is 24.3. The number of nitriles is 1. The second kappa shape index (κ2) is 13.7. The van der Waals surface area contributed by atoms with E-state index in [0.29, 0.717) is 27.1 Å². The molecule has 1 aromatic carbocycles. The van der Waals surface area contributed by atoms with Gasteiger partial charge in [0.25, 0.3) is 0 Å². The number of esters is 1. The van der Waals surface area contributed by atoms with Crippen molar-refractivity contribution in [1.29, 1.82) is 5.26 Å². The molecular formula is C25H29ClN2O4S2. The summed E-state index contributed by atoms with van der Waals surface area (Å²) < 4.78 is 23.8. The SMILES string of the molecule is CCCCS(=O)CC(COc1ccc(Cl)cc1)OC(=O)CSc1nc2c(cc1C#N)CCCC2. The second-order valence-electron chi connectivity index (χ2n) is 8.10. The predicted molar refractivity (Wildman–Crippen MR) is 136 cm³/mol. The average molecular weight is 521 g/mol. The zero-order valence-electron chi connectivity index (χ0n) is 19.3. The molecule has 9 heteroatoms. The van der Waals surface area contributed by atoms with E-state index in [-0.39, 0.29) is 18.1 Å². The van der Waals surface area contributed by atoms with Gasteiger partial charge in [-0.15, -0.1) is 0 Å². The van der Waals surface area contributed by atoms with E-state index in [4.69, 9.17) is 21.1 Å². The highest BCUT2D eigenvalue weighted by Crippen LogP contribution is 2.27. The van der Waals surface area contributed by atoms with Crippen LogP contribution in [0.25, 0.3) is 0 Å². The number of pyridine rings is 1. The fourth-order valence-electron chi connectivity index (χ4n) is 3.58. The molecule has 1 heterocycles. The third-order valence-electron chi connectivity index (χ3n) is 5.36. The van der Waals surface area contributed by atoms with E-state index in [1.54, 1.807) is 24.3 Å². The summed E-state index contributed by atoms with van der Waals surface area (Å²) in [5.74, 6) is 0.927. The number of thioether (sulfide) groups is 1. The molecule has 34 heavy (non-hydrogen) atoms. The van der Waals surface area contributed by atoms with Gasteiger partial charge >= 0.3 is 5.97 Å². The van der Waals surface area contributed by atoms with Gasteiger partial charge in [-0.2, -0.15) is 5.26 Å². The molecule has 1 aromatic heterocycles. The Balaban J connectivity index is 1.60. The number of ether oxygens (including phenoxy) is 2. The van der Waals surface area contributed by atoms with Crippen molar-refractivity contribution in [3.05, 3.63) is 52.2 Å². The summed E-state index contributed by atoms with van der Waals surface area (Å²) in [6.07, 6.45) is 5.18. The van der Waals surface area contributed by atoms with Gasteiger partial charge in [-0.1, -0.05) is 36.7 Å². The van der Waals surface area contributed by atoms with Crippen molar-refractivity contribution in [1.82, 2.24) is 4.98 Å². The van der Waals surface area contributed by atoms with Crippen LogP contribution in [0.3, 0.4) is 0 Å². The first-order valence-electron chi connectivity index (χ1n) is 11.5. The molecule has 182 valence electrons. The summed E-state index contributed by atoms with van der Waals surface area (Å²) in [5.41, 5.74) is 2.63. The molecule has 0 N–H and O–H groups in total. The van der Waals surface area contributed by atoms with Crippen molar-refractivity contribution < 1.29 is 18.5 Å². The molecule has 2 atom stereocenters. The molecule has 0 saturated heterocycles. The standard InChI is InChI=1S/C25H29ClN2O4S2/c1-2-3-12-34(30)17-22(15-31-21-10-8-20(26)9-11-21)32-24(29)16-33-25-19(14-27)13-18-6-4-5-7-23(18)28-25/h8-11,13,22H,2-7,12,15-17H2,1H3. The highest BCUT2D eigenvalue weighted by molar-refractivity contribution is 7.99. The van der Waals surface area contributed by atoms with Crippen LogP contribution in [0.1, 0.15) is 49.4 Å². The van der Waals surface area contributed by atoms with Crippen LogP contribution < -0.4 is 4.74 Å². The number of halogens is 1. The van der Waals surface area contributed by atoms with Crippen LogP contribution in [0.2, 0.25) is 5.02 Å². The van der Waals surface area contributed by atoms with E-state index in [0.717, 1.165) is 49.8 Å². The number of rotatable bonds is 12. The van der Waals surface area contributed by atoms with Gasteiger partial charge in [-0.05, 0) is 68.0 Å². The van der Waals surface area contributed by atoms with Gasteiger partial charge in [0.1, 0.15) is 29.6 Å². The lowest BCUT2D eigenvalue weighted by molar-refractivity contribution is -0.146. The van der Waals surface area contributed by atoms with Crippen molar-refractivity contribution in [3.8, 4) is 11.8 Å². The minimum Gasteiger partial charge on any atom is -0.490 e. The van der Waals surface area contributed by atoms with Gasteiger partial charge in [0, 0.05) is 27.3 Å². The summed E-state index contributed by atoms with van der Waals surface area (Å²) in [7, 11) is -1.12. The molecule has 0 radical (unpaired) electrons. The number of nitrogens with zero attached hydrogens (tertiary/aromatic N) is 2. The monoisotopic (exact) mass is 520 g/mol. The topological polar surface area (TPSA) is 89.3 Å². The van der Waals surface area contributed by atoms with Crippen LogP contribution in [0.5, 0.6) is 5.75 Å². The van der Waals surface area contributed by atoms with E-state index in [9.17, 15) is 14.3 Å². The highest BCUT2D eigenvalue weighted by atomic mass is 35.5. The first-order valence-corrected chi connectivity index (χ1v) is 14.3. The lowest BCUT2D eigenvalue weighted by Gasteiger charge is -2.19. The van der Waals surface area contributed by atoms with Gasteiger partial charge < -0.3 is 9.47 Å². The number of carbonyl (C=O) groups excluding carboxylic acids is 1. The Morgan fingerprint density at radius 1 is 1.29 bits per heavy atom. The molecule has 1 aliphatic rings. The molecule has 0 fully saturated rings. The number of aromatic nitrogens is 1. The van der Waals surface area contributed by atoms with E-state index in [1.165, 1.54) is 11.8 Å². The van der Waals surface area contributed by atoms with E-state index in [2.05, 4.69) is 11.1 Å². The maximum atomic E-state index is 12.6. The van der Waals surface area contributed by atoms with Crippen LogP contribution >= 0.6 is 23.4 Å². The van der Waals surface area contributed by atoms with E-state index < -0.39 is 22.9 Å². The maximum absolute atomic E-state index is 12.6.